The lowest BCUT2D eigenvalue weighted by Crippen LogP contribution is -2.23. The maximum absolute atomic E-state index is 13.2. The normalized spacial score (nSPS) is 16.4. The summed E-state index contributed by atoms with van der Waals surface area (Å²) in [6.45, 7) is 0. The average Bonchev–Trinajstić information content (AvgIpc) is 3.12. The topological polar surface area (TPSA) is 72.5 Å². The number of nitrogens with one attached hydrogen (secondary N) is 1. The van der Waals surface area contributed by atoms with Gasteiger partial charge in [-0.2, -0.15) is 0 Å². The standard InChI is InChI=1S/C20H16ClNO4S2/c1-26-12-6-8-13(9-7-12)28(24,25)17-11-27-20-15(10-18(23)22-19(17)20)14-4-2-3-5-16(14)21/h2-9,11,15H,10H2,1H3,(H,22,23). The molecule has 1 amide bonds. The van der Waals surface area contributed by atoms with Gasteiger partial charge in [-0.05, 0) is 35.9 Å². The van der Waals surface area contributed by atoms with Gasteiger partial charge in [0, 0.05) is 27.6 Å². The van der Waals surface area contributed by atoms with Crippen LogP contribution >= 0.6 is 22.9 Å². The van der Waals surface area contributed by atoms with Crippen molar-refractivity contribution < 1.29 is 17.9 Å². The van der Waals surface area contributed by atoms with Gasteiger partial charge in [-0.1, -0.05) is 29.8 Å². The molecule has 2 heterocycles. The number of hydrogen-bond acceptors (Lipinski definition) is 5. The number of thiophene rings is 1. The second-order valence-corrected chi connectivity index (χ2v) is 9.58. The van der Waals surface area contributed by atoms with E-state index in [2.05, 4.69) is 5.32 Å². The van der Waals surface area contributed by atoms with E-state index in [0.717, 1.165) is 10.4 Å². The van der Waals surface area contributed by atoms with Crippen LogP contribution in [0.25, 0.3) is 0 Å². The van der Waals surface area contributed by atoms with E-state index in [1.54, 1.807) is 23.6 Å². The van der Waals surface area contributed by atoms with Gasteiger partial charge in [-0.3, -0.25) is 4.79 Å². The van der Waals surface area contributed by atoms with Gasteiger partial charge >= 0.3 is 0 Å². The van der Waals surface area contributed by atoms with Crippen LogP contribution in [0.15, 0.2) is 63.7 Å². The Morgan fingerprint density at radius 1 is 1.14 bits per heavy atom. The molecule has 1 aromatic heterocycles. The summed E-state index contributed by atoms with van der Waals surface area (Å²) >= 11 is 7.65. The number of carbonyl (C=O) groups is 1. The van der Waals surface area contributed by atoms with E-state index in [1.807, 2.05) is 18.2 Å². The smallest absolute Gasteiger partial charge is 0.225 e. The van der Waals surface area contributed by atoms with Crippen molar-refractivity contribution in [3.05, 3.63) is 69.4 Å². The fourth-order valence-corrected chi connectivity index (χ4v) is 6.46. The van der Waals surface area contributed by atoms with Crippen LogP contribution in [0.2, 0.25) is 5.02 Å². The third-order valence-electron chi connectivity index (χ3n) is 4.70. The van der Waals surface area contributed by atoms with E-state index in [-0.39, 0.29) is 28.0 Å². The third-order valence-corrected chi connectivity index (χ3v) is 8.08. The van der Waals surface area contributed by atoms with Crippen LogP contribution in [0.5, 0.6) is 5.75 Å². The highest BCUT2D eigenvalue weighted by atomic mass is 35.5. The third kappa shape index (κ3) is 3.19. The van der Waals surface area contributed by atoms with Gasteiger partial charge in [-0.15, -0.1) is 11.3 Å². The van der Waals surface area contributed by atoms with Gasteiger partial charge in [0.2, 0.25) is 15.7 Å². The Labute approximate surface area is 171 Å². The van der Waals surface area contributed by atoms with Gasteiger partial charge in [0.15, 0.2) is 0 Å². The molecule has 0 spiro atoms. The highest BCUT2D eigenvalue weighted by molar-refractivity contribution is 7.91. The van der Waals surface area contributed by atoms with Crippen molar-refractivity contribution >= 4 is 44.4 Å². The molecule has 1 atom stereocenters. The number of methoxy groups -OCH3 is 1. The first-order valence-electron chi connectivity index (χ1n) is 8.46. The van der Waals surface area contributed by atoms with Crippen molar-refractivity contribution in [1.29, 1.82) is 0 Å². The predicted molar refractivity (Wildman–Crippen MR) is 109 cm³/mol. The van der Waals surface area contributed by atoms with Crippen molar-refractivity contribution in [3.8, 4) is 5.75 Å². The van der Waals surface area contributed by atoms with Gasteiger partial charge < -0.3 is 10.1 Å². The number of halogens is 1. The molecule has 144 valence electrons. The van der Waals surface area contributed by atoms with E-state index in [4.69, 9.17) is 16.3 Å². The van der Waals surface area contributed by atoms with E-state index in [1.165, 1.54) is 30.6 Å². The SMILES string of the molecule is COc1ccc(S(=O)(=O)c2csc3c2NC(=O)CC3c2ccccc2Cl)cc1. The molecule has 1 aliphatic heterocycles. The summed E-state index contributed by atoms with van der Waals surface area (Å²) in [6.07, 6.45) is 0.221. The van der Waals surface area contributed by atoms with E-state index in [9.17, 15) is 13.2 Å². The summed E-state index contributed by atoms with van der Waals surface area (Å²) in [4.78, 5) is 13.4. The number of ether oxygens (including phenoxy) is 1. The van der Waals surface area contributed by atoms with Gasteiger partial charge in [-0.25, -0.2) is 8.42 Å². The number of benzene rings is 2. The minimum absolute atomic E-state index is 0.0998. The molecule has 1 unspecified atom stereocenters. The summed E-state index contributed by atoms with van der Waals surface area (Å²) in [5.41, 5.74) is 1.16. The Kier molecular flexibility index (Phi) is 4.91. The molecule has 0 saturated heterocycles. The number of fused-ring (bicyclic) bond motifs is 1. The summed E-state index contributed by atoms with van der Waals surface area (Å²) in [5, 5.41) is 4.89. The highest BCUT2D eigenvalue weighted by Crippen LogP contribution is 2.47. The predicted octanol–water partition coefficient (Wildman–Crippen LogP) is 4.72. The Morgan fingerprint density at radius 3 is 2.54 bits per heavy atom. The van der Waals surface area contributed by atoms with Crippen LogP contribution in [0.4, 0.5) is 5.69 Å². The molecule has 3 aromatic rings. The van der Waals surface area contributed by atoms with Crippen LogP contribution in [0.1, 0.15) is 22.8 Å². The molecule has 4 rings (SSSR count). The van der Waals surface area contributed by atoms with Crippen LogP contribution in [-0.4, -0.2) is 21.4 Å². The maximum Gasteiger partial charge on any atom is 0.225 e. The fraction of sp³-hybridized carbons (Fsp3) is 0.150. The number of rotatable bonds is 4. The lowest BCUT2D eigenvalue weighted by molar-refractivity contribution is -0.116. The zero-order valence-corrected chi connectivity index (χ0v) is 17.2. The van der Waals surface area contributed by atoms with Gasteiger partial charge in [0.1, 0.15) is 10.6 Å². The number of anilines is 1. The highest BCUT2D eigenvalue weighted by Gasteiger charge is 2.35. The summed E-state index contributed by atoms with van der Waals surface area (Å²) < 4.78 is 31.4. The van der Waals surface area contributed by atoms with Crippen molar-refractivity contribution in [2.75, 3.05) is 12.4 Å². The van der Waals surface area contributed by atoms with Crippen molar-refractivity contribution in [2.24, 2.45) is 0 Å². The molecule has 8 heteroatoms. The largest absolute Gasteiger partial charge is 0.497 e. The van der Waals surface area contributed by atoms with E-state index >= 15 is 0 Å². The number of amides is 1. The molecule has 0 radical (unpaired) electrons. The molecule has 28 heavy (non-hydrogen) atoms. The Balaban J connectivity index is 1.82. The maximum atomic E-state index is 13.2. The van der Waals surface area contributed by atoms with Crippen molar-refractivity contribution in [2.45, 2.75) is 22.1 Å². The molecule has 1 aliphatic rings. The first kappa shape index (κ1) is 19.0. The first-order chi connectivity index (χ1) is 13.4. The molecule has 0 fully saturated rings. The zero-order valence-electron chi connectivity index (χ0n) is 14.8. The lowest BCUT2D eigenvalue weighted by atomic mass is 9.90. The van der Waals surface area contributed by atoms with Crippen molar-refractivity contribution in [1.82, 2.24) is 0 Å². The number of carbonyl (C=O) groups excluding carboxylic acids is 1. The molecular formula is C20H16ClNO4S2. The first-order valence-corrected chi connectivity index (χ1v) is 11.2. The van der Waals surface area contributed by atoms with E-state index < -0.39 is 9.84 Å². The monoisotopic (exact) mass is 433 g/mol. The molecular weight excluding hydrogens is 418 g/mol. The second kappa shape index (κ2) is 7.24. The minimum Gasteiger partial charge on any atom is -0.497 e. The van der Waals surface area contributed by atoms with Gasteiger partial charge in [0.25, 0.3) is 0 Å². The molecule has 0 aliphatic carbocycles. The van der Waals surface area contributed by atoms with Crippen LogP contribution in [0.3, 0.4) is 0 Å². The Morgan fingerprint density at radius 2 is 1.86 bits per heavy atom. The lowest BCUT2D eigenvalue weighted by Gasteiger charge is -2.24. The molecule has 1 N–H and O–H groups in total. The minimum atomic E-state index is -3.79. The molecule has 0 bridgehead atoms. The zero-order chi connectivity index (χ0) is 19.9. The summed E-state index contributed by atoms with van der Waals surface area (Å²) in [5.74, 6) is 0.0580. The van der Waals surface area contributed by atoms with E-state index in [0.29, 0.717) is 16.5 Å². The van der Waals surface area contributed by atoms with Crippen LogP contribution in [0, 0.1) is 0 Å². The average molecular weight is 434 g/mol. The summed E-state index contributed by atoms with van der Waals surface area (Å²) in [7, 11) is -2.28. The molecule has 5 nitrogen and oxygen atoms in total. The quantitative estimate of drug-likeness (QED) is 0.646. The second-order valence-electron chi connectivity index (χ2n) is 6.34. The number of sulfone groups is 1. The van der Waals surface area contributed by atoms with Crippen LogP contribution in [-0.2, 0) is 14.6 Å². The molecule has 0 saturated carbocycles. The van der Waals surface area contributed by atoms with Crippen LogP contribution < -0.4 is 10.1 Å². The van der Waals surface area contributed by atoms with Crippen molar-refractivity contribution in [3.63, 3.8) is 0 Å². The number of hydrogen-bond donors (Lipinski definition) is 1. The Hall–Kier alpha value is -2.35. The summed E-state index contributed by atoms with van der Waals surface area (Å²) in [6, 6.07) is 13.5. The fourth-order valence-electron chi connectivity index (χ4n) is 3.29. The Bertz CT molecular complexity index is 1150. The molecule has 2 aromatic carbocycles. The van der Waals surface area contributed by atoms with Gasteiger partial charge in [0.05, 0.1) is 17.7 Å².